The molecule has 4 rings (SSSR count). The standard InChI is InChI=1S/C20H23N3O/c24-20(19-7-3-4-10-21-19)15-8-11-23(12-9-15)14-16-13-22-18-6-2-1-5-17(16)18/h1-7,10,13,15,20,22,24H,8-9,11-12,14H2. The van der Waals surface area contributed by atoms with Gasteiger partial charge in [-0.05, 0) is 55.6 Å². The highest BCUT2D eigenvalue weighted by molar-refractivity contribution is 5.82. The molecular formula is C20H23N3O. The monoisotopic (exact) mass is 321 g/mol. The fraction of sp³-hybridized carbons (Fsp3) is 0.350. The Morgan fingerprint density at radius 2 is 1.92 bits per heavy atom. The summed E-state index contributed by atoms with van der Waals surface area (Å²) in [5.41, 5.74) is 3.36. The number of benzene rings is 1. The summed E-state index contributed by atoms with van der Waals surface area (Å²) in [6.07, 6.45) is 5.46. The van der Waals surface area contributed by atoms with Crippen LogP contribution >= 0.6 is 0 Å². The molecular weight excluding hydrogens is 298 g/mol. The fourth-order valence-corrected chi connectivity index (χ4v) is 3.72. The van der Waals surface area contributed by atoms with Gasteiger partial charge in [0.25, 0.3) is 0 Å². The van der Waals surface area contributed by atoms with Crippen LogP contribution in [0.2, 0.25) is 0 Å². The fourth-order valence-electron chi connectivity index (χ4n) is 3.72. The molecule has 4 heteroatoms. The number of H-pyrrole nitrogens is 1. The first-order chi connectivity index (χ1) is 11.8. The van der Waals surface area contributed by atoms with E-state index < -0.39 is 6.10 Å². The molecule has 1 saturated heterocycles. The number of fused-ring (bicyclic) bond motifs is 1. The number of nitrogens with zero attached hydrogens (tertiary/aromatic N) is 2. The number of rotatable bonds is 4. The van der Waals surface area contributed by atoms with Crippen LogP contribution < -0.4 is 0 Å². The van der Waals surface area contributed by atoms with E-state index in [0.29, 0.717) is 5.92 Å². The lowest BCUT2D eigenvalue weighted by molar-refractivity contribution is 0.0541. The van der Waals surface area contributed by atoms with Gasteiger partial charge in [-0.25, -0.2) is 0 Å². The molecule has 0 spiro atoms. The SMILES string of the molecule is OC(c1ccccn1)C1CCN(Cc2c[nH]c3ccccc23)CC1. The second kappa shape index (κ2) is 6.75. The number of pyridine rings is 1. The zero-order valence-corrected chi connectivity index (χ0v) is 13.7. The van der Waals surface area contributed by atoms with E-state index in [2.05, 4.69) is 45.3 Å². The number of aliphatic hydroxyl groups excluding tert-OH is 1. The molecule has 1 fully saturated rings. The number of likely N-dealkylation sites (tertiary alicyclic amines) is 1. The number of aromatic amines is 1. The minimum atomic E-state index is -0.443. The van der Waals surface area contributed by atoms with Crippen LogP contribution in [0.25, 0.3) is 10.9 Å². The highest BCUT2D eigenvalue weighted by atomic mass is 16.3. The lowest BCUT2D eigenvalue weighted by Crippen LogP contribution is -2.35. The van der Waals surface area contributed by atoms with E-state index in [1.54, 1.807) is 6.20 Å². The molecule has 2 N–H and O–H groups in total. The maximum absolute atomic E-state index is 10.5. The van der Waals surface area contributed by atoms with Crippen LogP contribution in [0.15, 0.2) is 54.9 Å². The van der Waals surface area contributed by atoms with Crippen molar-refractivity contribution in [1.29, 1.82) is 0 Å². The summed E-state index contributed by atoms with van der Waals surface area (Å²) in [6, 6.07) is 14.2. The Bertz CT molecular complexity index is 791. The normalized spacial score (nSPS) is 18.0. The second-order valence-corrected chi connectivity index (χ2v) is 6.67. The van der Waals surface area contributed by atoms with Gasteiger partial charge >= 0.3 is 0 Å². The van der Waals surface area contributed by atoms with Gasteiger partial charge in [-0.1, -0.05) is 24.3 Å². The minimum Gasteiger partial charge on any atom is -0.387 e. The van der Waals surface area contributed by atoms with E-state index in [1.807, 2.05) is 18.2 Å². The third-order valence-corrected chi connectivity index (χ3v) is 5.14. The van der Waals surface area contributed by atoms with Gasteiger partial charge < -0.3 is 10.1 Å². The third-order valence-electron chi connectivity index (χ3n) is 5.14. The van der Waals surface area contributed by atoms with Gasteiger partial charge in [-0.2, -0.15) is 0 Å². The number of hydrogen-bond acceptors (Lipinski definition) is 3. The topological polar surface area (TPSA) is 52.2 Å². The number of nitrogens with one attached hydrogen (secondary N) is 1. The van der Waals surface area contributed by atoms with Gasteiger partial charge in [0, 0.05) is 29.8 Å². The number of aliphatic hydroxyl groups is 1. The van der Waals surface area contributed by atoms with Crippen LogP contribution in [0, 0.1) is 5.92 Å². The molecule has 124 valence electrons. The maximum atomic E-state index is 10.5. The van der Waals surface area contributed by atoms with E-state index in [4.69, 9.17) is 0 Å². The molecule has 1 aliphatic rings. The molecule has 1 aliphatic heterocycles. The predicted octanol–water partition coefficient (Wildman–Crippen LogP) is 3.51. The Morgan fingerprint density at radius 1 is 1.12 bits per heavy atom. The third kappa shape index (κ3) is 3.07. The zero-order chi connectivity index (χ0) is 16.4. The van der Waals surface area contributed by atoms with Crippen molar-refractivity contribution in [3.63, 3.8) is 0 Å². The van der Waals surface area contributed by atoms with Crippen molar-refractivity contribution in [2.24, 2.45) is 5.92 Å². The molecule has 3 aromatic rings. The highest BCUT2D eigenvalue weighted by Gasteiger charge is 2.27. The summed E-state index contributed by atoms with van der Waals surface area (Å²) in [6.45, 7) is 3.01. The van der Waals surface area contributed by atoms with Crippen molar-refractivity contribution < 1.29 is 5.11 Å². The summed E-state index contributed by atoms with van der Waals surface area (Å²) in [7, 11) is 0. The van der Waals surface area contributed by atoms with E-state index in [-0.39, 0.29) is 0 Å². The van der Waals surface area contributed by atoms with Gasteiger partial charge in [0.05, 0.1) is 11.8 Å². The van der Waals surface area contributed by atoms with Crippen molar-refractivity contribution >= 4 is 10.9 Å². The number of aromatic nitrogens is 2. The molecule has 0 amide bonds. The Balaban J connectivity index is 1.38. The summed E-state index contributed by atoms with van der Waals surface area (Å²) in [5.74, 6) is 0.305. The van der Waals surface area contributed by atoms with Gasteiger partial charge in [-0.3, -0.25) is 9.88 Å². The van der Waals surface area contributed by atoms with Crippen molar-refractivity contribution in [2.75, 3.05) is 13.1 Å². The molecule has 1 atom stereocenters. The van der Waals surface area contributed by atoms with Crippen molar-refractivity contribution in [1.82, 2.24) is 14.9 Å². The summed E-state index contributed by atoms with van der Waals surface area (Å²) in [5, 5.41) is 11.9. The molecule has 0 bridgehead atoms. The second-order valence-electron chi connectivity index (χ2n) is 6.67. The van der Waals surface area contributed by atoms with Crippen molar-refractivity contribution in [3.8, 4) is 0 Å². The predicted molar refractivity (Wildman–Crippen MR) is 95.5 cm³/mol. The average Bonchev–Trinajstić information content (AvgIpc) is 3.06. The van der Waals surface area contributed by atoms with Crippen LogP contribution in [-0.4, -0.2) is 33.1 Å². The number of piperidine rings is 1. The molecule has 0 aliphatic carbocycles. The Morgan fingerprint density at radius 3 is 2.71 bits per heavy atom. The number of para-hydroxylation sites is 1. The van der Waals surface area contributed by atoms with Gasteiger partial charge in [0.15, 0.2) is 0 Å². The quantitative estimate of drug-likeness (QED) is 0.773. The van der Waals surface area contributed by atoms with Crippen molar-refractivity contribution in [2.45, 2.75) is 25.5 Å². The largest absolute Gasteiger partial charge is 0.387 e. The smallest absolute Gasteiger partial charge is 0.0988 e. The summed E-state index contributed by atoms with van der Waals surface area (Å²) >= 11 is 0. The first-order valence-electron chi connectivity index (χ1n) is 8.67. The lowest BCUT2D eigenvalue weighted by Gasteiger charge is -2.34. The maximum Gasteiger partial charge on any atom is 0.0988 e. The first kappa shape index (κ1) is 15.4. The van der Waals surface area contributed by atoms with Crippen LogP contribution in [0.1, 0.15) is 30.2 Å². The van der Waals surface area contributed by atoms with Crippen molar-refractivity contribution in [3.05, 3.63) is 66.1 Å². The van der Waals surface area contributed by atoms with Gasteiger partial charge in [0.1, 0.15) is 0 Å². The molecule has 3 heterocycles. The average molecular weight is 321 g/mol. The van der Waals surface area contributed by atoms with Gasteiger partial charge in [-0.15, -0.1) is 0 Å². The van der Waals surface area contributed by atoms with E-state index in [0.717, 1.165) is 38.2 Å². The molecule has 24 heavy (non-hydrogen) atoms. The Kier molecular flexibility index (Phi) is 4.32. The lowest BCUT2D eigenvalue weighted by atomic mass is 9.89. The van der Waals surface area contributed by atoms with Crippen LogP contribution in [0.5, 0.6) is 0 Å². The first-order valence-corrected chi connectivity index (χ1v) is 8.67. The van der Waals surface area contributed by atoms with Crippen LogP contribution in [0.3, 0.4) is 0 Å². The number of hydrogen-bond donors (Lipinski definition) is 2. The Labute approximate surface area is 142 Å². The van der Waals surface area contributed by atoms with Crippen LogP contribution in [-0.2, 0) is 6.54 Å². The Hall–Kier alpha value is -2.17. The molecule has 0 radical (unpaired) electrons. The molecule has 2 aromatic heterocycles. The molecule has 4 nitrogen and oxygen atoms in total. The zero-order valence-electron chi connectivity index (χ0n) is 13.7. The summed E-state index contributed by atoms with van der Waals surface area (Å²) in [4.78, 5) is 10.1. The van der Waals surface area contributed by atoms with Crippen LogP contribution in [0.4, 0.5) is 0 Å². The highest BCUT2D eigenvalue weighted by Crippen LogP contribution is 2.30. The van der Waals surface area contributed by atoms with E-state index >= 15 is 0 Å². The molecule has 0 saturated carbocycles. The van der Waals surface area contributed by atoms with E-state index in [1.165, 1.54) is 16.5 Å². The minimum absolute atomic E-state index is 0.305. The molecule has 1 aromatic carbocycles. The van der Waals surface area contributed by atoms with Gasteiger partial charge in [0.2, 0.25) is 0 Å². The van der Waals surface area contributed by atoms with E-state index in [9.17, 15) is 5.11 Å². The molecule has 1 unspecified atom stereocenters. The summed E-state index contributed by atoms with van der Waals surface area (Å²) < 4.78 is 0.